The Kier molecular flexibility index (Phi) is 4.77. The summed E-state index contributed by atoms with van der Waals surface area (Å²) in [4.78, 5) is 10.2. The minimum absolute atomic E-state index is 0.0574. The van der Waals surface area contributed by atoms with Crippen molar-refractivity contribution in [2.24, 2.45) is 0 Å². The minimum atomic E-state index is -0.524. The van der Waals surface area contributed by atoms with E-state index in [1.165, 1.54) is 18.2 Å². The first-order chi connectivity index (χ1) is 10.0. The molecule has 110 valence electrons. The predicted molar refractivity (Wildman–Crippen MR) is 82.1 cm³/mol. The molecule has 0 aliphatic rings. The molecule has 0 radical (unpaired) electrons. The summed E-state index contributed by atoms with van der Waals surface area (Å²) in [6, 6.07) is 10.2. The molecule has 0 heterocycles. The smallest absolute Gasteiger partial charge is 0.288 e. The maximum absolute atomic E-state index is 10.7. The second kappa shape index (κ2) is 6.56. The third kappa shape index (κ3) is 3.71. The molecule has 0 amide bonds. The van der Waals surface area contributed by atoms with Gasteiger partial charge in [0.05, 0.1) is 4.92 Å². The lowest BCUT2D eigenvalue weighted by atomic mass is 10.1. The molecule has 0 aliphatic carbocycles. The average Bonchev–Trinajstić information content (AvgIpc) is 2.42. The van der Waals surface area contributed by atoms with E-state index >= 15 is 0 Å². The maximum atomic E-state index is 10.7. The van der Waals surface area contributed by atoms with Crippen molar-refractivity contribution in [2.75, 3.05) is 7.05 Å². The van der Waals surface area contributed by atoms with E-state index in [0.717, 1.165) is 17.7 Å². The Balaban J connectivity index is 2.22. The van der Waals surface area contributed by atoms with Crippen LogP contribution in [0.3, 0.4) is 0 Å². The van der Waals surface area contributed by atoms with Crippen LogP contribution in [0, 0.1) is 17.0 Å². The molecule has 2 rings (SSSR count). The maximum Gasteiger partial charge on any atom is 0.288 e. The van der Waals surface area contributed by atoms with Gasteiger partial charge >= 0.3 is 0 Å². The number of nitro benzene ring substituents is 1. The lowest BCUT2D eigenvalue weighted by Crippen LogP contribution is -2.05. The van der Waals surface area contributed by atoms with E-state index in [1.54, 1.807) is 0 Å². The molecule has 6 heteroatoms. The number of rotatable bonds is 5. The van der Waals surface area contributed by atoms with Crippen LogP contribution in [0.25, 0.3) is 0 Å². The Morgan fingerprint density at radius 3 is 2.62 bits per heavy atom. The van der Waals surface area contributed by atoms with Crippen molar-refractivity contribution in [2.45, 2.75) is 13.5 Å². The van der Waals surface area contributed by atoms with E-state index in [9.17, 15) is 10.1 Å². The number of nitrogens with zero attached hydrogens (tertiary/aromatic N) is 1. The Morgan fingerprint density at radius 2 is 2.05 bits per heavy atom. The summed E-state index contributed by atoms with van der Waals surface area (Å²) in [5, 5.41) is 13.9. The SMILES string of the molecule is CNCc1ccc(Oc2ccc([N+](=O)[O-])c(Cl)c2)c(C)c1. The normalized spacial score (nSPS) is 10.4. The average molecular weight is 307 g/mol. The molecule has 0 unspecified atom stereocenters. The van der Waals surface area contributed by atoms with Crippen molar-refractivity contribution < 1.29 is 9.66 Å². The van der Waals surface area contributed by atoms with Crippen LogP contribution in [-0.2, 0) is 6.54 Å². The first-order valence-corrected chi connectivity index (χ1v) is 6.75. The second-order valence-electron chi connectivity index (χ2n) is 4.60. The summed E-state index contributed by atoms with van der Waals surface area (Å²) in [5.41, 5.74) is 2.01. The van der Waals surface area contributed by atoms with E-state index in [0.29, 0.717) is 11.5 Å². The molecule has 0 saturated carbocycles. The molecule has 2 aromatic carbocycles. The van der Waals surface area contributed by atoms with Gasteiger partial charge in [-0.05, 0) is 37.2 Å². The molecule has 21 heavy (non-hydrogen) atoms. The number of aryl methyl sites for hydroxylation is 1. The first-order valence-electron chi connectivity index (χ1n) is 6.37. The van der Waals surface area contributed by atoms with Gasteiger partial charge in [-0.15, -0.1) is 0 Å². The highest BCUT2D eigenvalue weighted by molar-refractivity contribution is 6.32. The molecule has 0 atom stereocenters. The summed E-state index contributed by atoms with van der Waals surface area (Å²) in [7, 11) is 1.89. The van der Waals surface area contributed by atoms with Gasteiger partial charge in [-0.1, -0.05) is 23.7 Å². The summed E-state index contributed by atoms with van der Waals surface area (Å²) >= 11 is 5.87. The highest BCUT2D eigenvalue weighted by Crippen LogP contribution is 2.32. The van der Waals surface area contributed by atoms with Crippen LogP contribution in [0.1, 0.15) is 11.1 Å². The third-order valence-corrected chi connectivity index (χ3v) is 3.27. The minimum Gasteiger partial charge on any atom is -0.457 e. The zero-order valence-electron chi connectivity index (χ0n) is 11.7. The van der Waals surface area contributed by atoms with Gasteiger partial charge in [0.15, 0.2) is 0 Å². The topological polar surface area (TPSA) is 64.4 Å². The number of hydrogen-bond donors (Lipinski definition) is 1. The van der Waals surface area contributed by atoms with Crippen molar-refractivity contribution in [1.82, 2.24) is 5.32 Å². The summed E-state index contributed by atoms with van der Waals surface area (Å²) < 4.78 is 5.73. The second-order valence-corrected chi connectivity index (χ2v) is 5.01. The van der Waals surface area contributed by atoms with E-state index < -0.39 is 4.92 Å². The number of benzene rings is 2. The number of ether oxygens (including phenoxy) is 1. The van der Waals surface area contributed by atoms with Gasteiger partial charge in [-0.25, -0.2) is 0 Å². The summed E-state index contributed by atoms with van der Waals surface area (Å²) in [5.74, 6) is 1.16. The van der Waals surface area contributed by atoms with E-state index in [-0.39, 0.29) is 10.7 Å². The molecule has 5 nitrogen and oxygen atoms in total. The van der Waals surface area contributed by atoms with Crippen molar-refractivity contribution in [3.63, 3.8) is 0 Å². The third-order valence-electron chi connectivity index (χ3n) is 2.96. The van der Waals surface area contributed by atoms with Crippen molar-refractivity contribution in [1.29, 1.82) is 0 Å². The molecular formula is C15H15ClN2O3. The van der Waals surface area contributed by atoms with Crippen molar-refractivity contribution in [3.05, 3.63) is 62.7 Å². The quantitative estimate of drug-likeness (QED) is 0.668. The molecule has 0 spiro atoms. The number of hydrogen-bond acceptors (Lipinski definition) is 4. The first kappa shape index (κ1) is 15.3. The zero-order chi connectivity index (χ0) is 15.4. The van der Waals surface area contributed by atoms with Gasteiger partial charge < -0.3 is 10.1 Å². The number of nitro groups is 1. The molecule has 0 aromatic heterocycles. The molecule has 0 fully saturated rings. The Morgan fingerprint density at radius 1 is 1.29 bits per heavy atom. The van der Waals surface area contributed by atoms with Crippen molar-refractivity contribution in [3.8, 4) is 11.5 Å². The molecule has 0 saturated heterocycles. The Hall–Kier alpha value is -2.11. The van der Waals surface area contributed by atoms with Gasteiger partial charge in [-0.2, -0.15) is 0 Å². The standard InChI is InChI=1S/C15H15ClN2O3/c1-10-7-11(9-17-2)3-6-15(10)21-12-4-5-14(18(19)20)13(16)8-12/h3-8,17H,9H2,1-2H3. The van der Waals surface area contributed by atoms with E-state index in [2.05, 4.69) is 5.32 Å². The van der Waals surface area contributed by atoms with Crippen LogP contribution < -0.4 is 10.1 Å². The highest BCUT2D eigenvalue weighted by Gasteiger charge is 2.13. The van der Waals surface area contributed by atoms with Crippen LogP contribution in [0.4, 0.5) is 5.69 Å². The lowest BCUT2D eigenvalue weighted by molar-refractivity contribution is -0.384. The van der Waals surface area contributed by atoms with Crippen LogP contribution in [0.5, 0.6) is 11.5 Å². The molecule has 0 bridgehead atoms. The van der Waals surface area contributed by atoms with Crippen LogP contribution in [0.2, 0.25) is 5.02 Å². The fourth-order valence-corrected chi connectivity index (χ4v) is 2.21. The van der Waals surface area contributed by atoms with Gasteiger partial charge in [-0.3, -0.25) is 10.1 Å². The Bertz CT molecular complexity index is 674. The summed E-state index contributed by atoms with van der Waals surface area (Å²) in [6.07, 6.45) is 0. The molecule has 1 N–H and O–H groups in total. The number of halogens is 1. The van der Waals surface area contributed by atoms with E-state index in [4.69, 9.17) is 16.3 Å². The van der Waals surface area contributed by atoms with Crippen LogP contribution in [0.15, 0.2) is 36.4 Å². The largest absolute Gasteiger partial charge is 0.457 e. The predicted octanol–water partition coefficient (Wildman–Crippen LogP) is 4.07. The molecule has 0 aliphatic heterocycles. The van der Waals surface area contributed by atoms with Crippen molar-refractivity contribution >= 4 is 17.3 Å². The molecular weight excluding hydrogens is 292 g/mol. The van der Waals surface area contributed by atoms with Crippen LogP contribution in [-0.4, -0.2) is 12.0 Å². The monoisotopic (exact) mass is 306 g/mol. The summed E-state index contributed by atoms with van der Waals surface area (Å²) in [6.45, 7) is 2.73. The van der Waals surface area contributed by atoms with Gasteiger partial charge in [0, 0.05) is 18.7 Å². The lowest BCUT2D eigenvalue weighted by Gasteiger charge is -2.10. The fraction of sp³-hybridized carbons (Fsp3) is 0.200. The zero-order valence-corrected chi connectivity index (χ0v) is 12.5. The highest BCUT2D eigenvalue weighted by atomic mass is 35.5. The van der Waals surface area contributed by atoms with E-state index in [1.807, 2.05) is 32.2 Å². The fourth-order valence-electron chi connectivity index (χ4n) is 1.97. The van der Waals surface area contributed by atoms with Gasteiger partial charge in [0.2, 0.25) is 0 Å². The van der Waals surface area contributed by atoms with Gasteiger partial charge in [0.25, 0.3) is 5.69 Å². The molecule has 2 aromatic rings. The Labute approximate surface area is 127 Å². The van der Waals surface area contributed by atoms with Crippen LogP contribution >= 0.6 is 11.6 Å². The number of nitrogens with one attached hydrogen (secondary N) is 1. The van der Waals surface area contributed by atoms with Gasteiger partial charge in [0.1, 0.15) is 16.5 Å².